The lowest BCUT2D eigenvalue weighted by Crippen LogP contribution is -2.59. The summed E-state index contributed by atoms with van der Waals surface area (Å²) in [6.45, 7) is 6.52. The summed E-state index contributed by atoms with van der Waals surface area (Å²) in [5.41, 5.74) is 3.62. The Labute approximate surface area is 106 Å². The molecule has 0 bridgehead atoms. The molecule has 0 aliphatic heterocycles. The summed E-state index contributed by atoms with van der Waals surface area (Å²) in [5.74, 6) is -1.89. The van der Waals surface area contributed by atoms with Crippen LogP contribution in [0.25, 0.3) is 0 Å². The maximum Gasteiger partial charge on any atom is 0.329 e. The summed E-state index contributed by atoms with van der Waals surface area (Å²) < 4.78 is 0. The lowest BCUT2D eigenvalue weighted by Gasteiger charge is -2.28. The van der Waals surface area contributed by atoms with Crippen LogP contribution in [0.5, 0.6) is 0 Å². The molecule has 0 fully saturated rings. The van der Waals surface area contributed by atoms with Crippen molar-refractivity contribution >= 4 is 17.9 Å². The second-order valence-corrected chi connectivity index (χ2v) is 4.71. The number of rotatable bonds is 6. The molecule has 3 amide bonds. The molecule has 0 aromatic rings. The maximum absolute atomic E-state index is 12.0. The number of nitrogens with two attached hydrogens (primary N) is 1. The zero-order chi connectivity index (χ0) is 14.5. The Kier molecular flexibility index (Phi) is 5.61. The number of carbonyl (C=O) groups is 3. The molecule has 104 valence electrons. The molecule has 5 N–H and O–H groups in total. The zero-order valence-corrected chi connectivity index (χ0v) is 11.1. The summed E-state index contributed by atoms with van der Waals surface area (Å²) in [6, 6.07) is -1.68. The molecule has 18 heavy (non-hydrogen) atoms. The van der Waals surface area contributed by atoms with Crippen molar-refractivity contribution in [2.24, 2.45) is 11.7 Å². The molecule has 0 aliphatic carbocycles. The van der Waals surface area contributed by atoms with E-state index in [0.717, 1.165) is 0 Å². The molecule has 2 unspecified atom stereocenters. The quantitative estimate of drug-likeness (QED) is 0.538. The Bertz CT molecular complexity index is 343. The SMILES string of the molecule is CCC(C)(NC(=O)C(NC(N)=O)C(C)C)C(=O)O. The van der Waals surface area contributed by atoms with E-state index >= 15 is 0 Å². The number of aliphatic carboxylic acids is 1. The van der Waals surface area contributed by atoms with Crippen LogP contribution in [0.1, 0.15) is 34.1 Å². The number of hydrogen-bond acceptors (Lipinski definition) is 3. The van der Waals surface area contributed by atoms with Crippen LogP contribution < -0.4 is 16.4 Å². The van der Waals surface area contributed by atoms with Gasteiger partial charge in [0.1, 0.15) is 11.6 Å². The molecule has 0 rings (SSSR count). The summed E-state index contributed by atoms with van der Waals surface area (Å²) in [4.78, 5) is 33.8. The van der Waals surface area contributed by atoms with Crippen LogP contribution in [0.3, 0.4) is 0 Å². The molecule has 7 nitrogen and oxygen atoms in total. The van der Waals surface area contributed by atoms with E-state index in [1.54, 1.807) is 20.8 Å². The van der Waals surface area contributed by atoms with E-state index < -0.39 is 29.5 Å². The molecule has 0 aromatic heterocycles. The summed E-state index contributed by atoms with van der Waals surface area (Å²) in [6.07, 6.45) is 0.232. The highest BCUT2D eigenvalue weighted by molar-refractivity contribution is 5.91. The number of carboxylic acid groups (broad SMARTS) is 1. The summed E-state index contributed by atoms with van der Waals surface area (Å²) in [7, 11) is 0. The van der Waals surface area contributed by atoms with Gasteiger partial charge in [-0.15, -0.1) is 0 Å². The van der Waals surface area contributed by atoms with Gasteiger partial charge in [-0.1, -0.05) is 20.8 Å². The van der Waals surface area contributed by atoms with Crippen molar-refractivity contribution in [2.75, 3.05) is 0 Å². The van der Waals surface area contributed by atoms with Crippen molar-refractivity contribution in [3.05, 3.63) is 0 Å². The van der Waals surface area contributed by atoms with Crippen LogP contribution >= 0.6 is 0 Å². The Balaban J connectivity index is 4.90. The smallest absolute Gasteiger partial charge is 0.329 e. The minimum atomic E-state index is -1.36. The minimum Gasteiger partial charge on any atom is -0.480 e. The first-order valence-electron chi connectivity index (χ1n) is 5.75. The van der Waals surface area contributed by atoms with Crippen molar-refractivity contribution in [3.63, 3.8) is 0 Å². The molecule has 0 heterocycles. The number of carbonyl (C=O) groups excluding carboxylic acids is 2. The molecule has 0 aromatic carbocycles. The van der Waals surface area contributed by atoms with Crippen LogP contribution in [0.2, 0.25) is 0 Å². The van der Waals surface area contributed by atoms with Crippen LogP contribution in [-0.2, 0) is 9.59 Å². The van der Waals surface area contributed by atoms with Crippen LogP contribution in [0.4, 0.5) is 4.79 Å². The number of amides is 3. The largest absolute Gasteiger partial charge is 0.480 e. The van der Waals surface area contributed by atoms with Gasteiger partial charge in [-0.2, -0.15) is 0 Å². The van der Waals surface area contributed by atoms with Crippen molar-refractivity contribution < 1.29 is 19.5 Å². The van der Waals surface area contributed by atoms with E-state index in [1.165, 1.54) is 6.92 Å². The topological polar surface area (TPSA) is 122 Å². The van der Waals surface area contributed by atoms with Crippen molar-refractivity contribution in [1.29, 1.82) is 0 Å². The number of carboxylic acids is 1. The highest BCUT2D eigenvalue weighted by Crippen LogP contribution is 2.11. The van der Waals surface area contributed by atoms with E-state index in [0.29, 0.717) is 0 Å². The number of nitrogens with one attached hydrogen (secondary N) is 2. The fourth-order valence-electron chi connectivity index (χ4n) is 1.33. The van der Waals surface area contributed by atoms with Crippen molar-refractivity contribution in [1.82, 2.24) is 10.6 Å². The van der Waals surface area contributed by atoms with Crippen molar-refractivity contribution in [3.8, 4) is 0 Å². The van der Waals surface area contributed by atoms with Gasteiger partial charge < -0.3 is 21.5 Å². The second kappa shape index (κ2) is 6.23. The number of hydrogen-bond donors (Lipinski definition) is 4. The van der Waals surface area contributed by atoms with E-state index in [-0.39, 0.29) is 12.3 Å². The van der Waals surface area contributed by atoms with Gasteiger partial charge >= 0.3 is 12.0 Å². The molecule has 0 saturated carbocycles. The highest BCUT2D eigenvalue weighted by Gasteiger charge is 2.35. The first kappa shape index (κ1) is 16.2. The van der Waals surface area contributed by atoms with E-state index in [1.807, 2.05) is 0 Å². The maximum atomic E-state index is 12.0. The predicted octanol–water partition coefficient (Wildman–Crippen LogP) is 0.0488. The monoisotopic (exact) mass is 259 g/mol. The zero-order valence-electron chi connectivity index (χ0n) is 11.1. The molecule has 2 atom stereocenters. The molecular formula is C11H21N3O4. The lowest BCUT2D eigenvalue weighted by atomic mass is 9.96. The predicted molar refractivity (Wildman–Crippen MR) is 65.8 cm³/mol. The first-order chi connectivity index (χ1) is 8.14. The van der Waals surface area contributed by atoms with Crippen LogP contribution in [0, 0.1) is 5.92 Å². The van der Waals surface area contributed by atoms with Gasteiger partial charge in [0.25, 0.3) is 0 Å². The summed E-state index contributed by atoms with van der Waals surface area (Å²) >= 11 is 0. The van der Waals surface area contributed by atoms with Gasteiger partial charge in [0.05, 0.1) is 0 Å². The normalized spacial score (nSPS) is 15.6. The van der Waals surface area contributed by atoms with Crippen molar-refractivity contribution in [2.45, 2.75) is 45.7 Å². The fourth-order valence-corrected chi connectivity index (χ4v) is 1.33. The van der Waals surface area contributed by atoms with Crippen LogP contribution in [0.15, 0.2) is 0 Å². The fraction of sp³-hybridized carbons (Fsp3) is 0.727. The average molecular weight is 259 g/mol. The van der Waals surface area contributed by atoms with Gasteiger partial charge in [0.2, 0.25) is 5.91 Å². The number of urea groups is 1. The minimum absolute atomic E-state index is 0.201. The second-order valence-electron chi connectivity index (χ2n) is 4.71. The van der Waals surface area contributed by atoms with Gasteiger partial charge in [-0.05, 0) is 19.3 Å². The highest BCUT2D eigenvalue weighted by atomic mass is 16.4. The molecule has 0 radical (unpaired) electrons. The standard InChI is InChI=1S/C11H21N3O4/c1-5-11(4,9(16)17)14-8(15)7(6(2)3)13-10(12)18/h6-7H,5H2,1-4H3,(H,14,15)(H,16,17)(H3,12,13,18). The Morgan fingerprint density at radius 1 is 1.33 bits per heavy atom. The van der Waals surface area contributed by atoms with Gasteiger partial charge in [0, 0.05) is 0 Å². The average Bonchev–Trinajstić information content (AvgIpc) is 2.24. The Morgan fingerprint density at radius 3 is 2.11 bits per heavy atom. The van der Waals surface area contributed by atoms with Gasteiger partial charge in [-0.25, -0.2) is 9.59 Å². The third-order valence-corrected chi connectivity index (χ3v) is 2.83. The third kappa shape index (κ3) is 4.23. The molecule has 7 heteroatoms. The lowest BCUT2D eigenvalue weighted by molar-refractivity contribution is -0.147. The first-order valence-corrected chi connectivity index (χ1v) is 5.75. The molecule has 0 saturated heterocycles. The molecular weight excluding hydrogens is 238 g/mol. The van der Waals surface area contributed by atoms with Crippen LogP contribution in [-0.4, -0.2) is 34.6 Å². The number of primary amides is 1. The summed E-state index contributed by atoms with van der Waals surface area (Å²) in [5, 5.41) is 13.8. The Morgan fingerprint density at radius 2 is 1.83 bits per heavy atom. The Hall–Kier alpha value is -1.79. The van der Waals surface area contributed by atoms with Gasteiger partial charge in [0.15, 0.2) is 0 Å². The van der Waals surface area contributed by atoms with E-state index in [4.69, 9.17) is 10.8 Å². The van der Waals surface area contributed by atoms with E-state index in [9.17, 15) is 14.4 Å². The third-order valence-electron chi connectivity index (χ3n) is 2.83. The van der Waals surface area contributed by atoms with E-state index in [2.05, 4.69) is 10.6 Å². The van der Waals surface area contributed by atoms with Gasteiger partial charge in [-0.3, -0.25) is 4.79 Å². The molecule has 0 spiro atoms. The molecule has 0 aliphatic rings.